The van der Waals surface area contributed by atoms with Crippen LogP contribution in [0.5, 0.6) is 5.75 Å². The number of thiazole rings is 1. The molecule has 2 N–H and O–H groups in total. The average molecular weight is 630 g/mol. The van der Waals surface area contributed by atoms with Gasteiger partial charge in [-0.3, -0.25) is 4.90 Å². The first kappa shape index (κ1) is 34.8. The van der Waals surface area contributed by atoms with Gasteiger partial charge in [0.1, 0.15) is 6.61 Å². The molecule has 0 amide bonds. The quantitative estimate of drug-likeness (QED) is 0.285. The molecule has 1 saturated heterocycles. The SMILES string of the molecule is CC1CN(c2ncc(-c3cnc(N)c(OCc4cc(C#CC(C)(C)C)cc(C(C)(C)C)c4C(C)(C)C)c3)s2)CCN1C(C)(C)C. The van der Waals surface area contributed by atoms with Crippen LogP contribution in [0, 0.1) is 17.3 Å². The molecule has 1 atom stereocenters. The first-order valence-electron chi connectivity index (χ1n) is 16.2. The van der Waals surface area contributed by atoms with Crippen LogP contribution in [0.2, 0.25) is 0 Å². The molecule has 3 aromatic rings. The van der Waals surface area contributed by atoms with Gasteiger partial charge in [-0.1, -0.05) is 64.7 Å². The first-order chi connectivity index (χ1) is 20.6. The Morgan fingerprint density at radius 1 is 0.911 bits per heavy atom. The van der Waals surface area contributed by atoms with Gasteiger partial charge in [0.15, 0.2) is 16.7 Å². The van der Waals surface area contributed by atoms with Crippen LogP contribution in [0.15, 0.2) is 30.6 Å². The number of aromatic nitrogens is 2. The van der Waals surface area contributed by atoms with Crippen LogP contribution >= 0.6 is 11.3 Å². The van der Waals surface area contributed by atoms with Crippen LogP contribution in [0.1, 0.15) is 112 Å². The van der Waals surface area contributed by atoms with E-state index in [1.165, 1.54) is 11.1 Å². The Bertz CT molecular complexity index is 1570. The number of piperazine rings is 1. The molecular formula is C38H55N5OS. The van der Waals surface area contributed by atoms with Crippen molar-refractivity contribution in [2.24, 2.45) is 5.41 Å². The number of nitrogen functional groups attached to an aromatic ring is 1. The summed E-state index contributed by atoms with van der Waals surface area (Å²) < 4.78 is 6.50. The number of benzene rings is 1. The fraction of sp³-hybridized carbons (Fsp3) is 0.579. The van der Waals surface area contributed by atoms with Crippen LogP contribution in [-0.2, 0) is 17.4 Å². The smallest absolute Gasteiger partial charge is 0.185 e. The number of pyridine rings is 1. The van der Waals surface area contributed by atoms with Crippen molar-refractivity contribution in [2.45, 2.75) is 119 Å². The highest BCUT2D eigenvalue weighted by molar-refractivity contribution is 7.18. The Hall–Kier alpha value is -3.08. The molecule has 1 aliphatic heterocycles. The predicted molar refractivity (Wildman–Crippen MR) is 192 cm³/mol. The second-order valence-corrected chi connectivity index (χ2v) is 17.6. The number of rotatable bonds is 5. The summed E-state index contributed by atoms with van der Waals surface area (Å²) in [4.78, 5) is 15.4. The van der Waals surface area contributed by atoms with E-state index < -0.39 is 0 Å². The van der Waals surface area contributed by atoms with Gasteiger partial charge in [0.05, 0.1) is 4.88 Å². The Kier molecular flexibility index (Phi) is 9.75. The van der Waals surface area contributed by atoms with E-state index in [-0.39, 0.29) is 21.8 Å². The van der Waals surface area contributed by atoms with E-state index in [2.05, 4.69) is 129 Å². The number of nitrogens with zero attached hydrogens (tertiary/aromatic N) is 4. The monoisotopic (exact) mass is 629 g/mol. The average Bonchev–Trinajstić information content (AvgIpc) is 3.39. The maximum Gasteiger partial charge on any atom is 0.185 e. The second-order valence-electron chi connectivity index (χ2n) is 16.6. The number of ether oxygens (including phenoxy) is 1. The second kappa shape index (κ2) is 12.6. The molecule has 6 nitrogen and oxygen atoms in total. The van der Waals surface area contributed by atoms with Crippen molar-refractivity contribution in [2.75, 3.05) is 30.3 Å². The lowest BCUT2D eigenvalue weighted by atomic mass is 9.72. The number of nitrogens with two attached hydrogens (primary N) is 1. The molecule has 0 saturated carbocycles. The third-order valence-electron chi connectivity index (χ3n) is 8.16. The molecule has 3 heterocycles. The largest absolute Gasteiger partial charge is 0.485 e. The highest BCUT2D eigenvalue weighted by Crippen LogP contribution is 2.39. The molecule has 1 aromatic carbocycles. The van der Waals surface area contributed by atoms with Gasteiger partial charge in [0, 0.05) is 60.2 Å². The van der Waals surface area contributed by atoms with Crippen LogP contribution in [0.4, 0.5) is 10.9 Å². The van der Waals surface area contributed by atoms with Crippen molar-refractivity contribution < 1.29 is 4.74 Å². The molecule has 2 aromatic heterocycles. The van der Waals surface area contributed by atoms with Gasteiger partial charge >= 0.3 is 0 Å². The molecule has 1 unspecified atom stereocenters. The molecule has 4 rings (SSSR count). The molecule has 0 radical (unpaired) electrons. The first-order valence-corrected chi connectivity index (χ1v) is 17.0. The minimum Gasteiger partial charge on any atom is -0.485 e. The Morgan fingerprint density at radius 3 is 2.18 bits per heavy atom. The lowest BCUT2D eigenvalue weighted by molar-refractivity contribution is 0.0799. The molecule has 244 valence electrons. The van der Waals surface area contributed by atoms with E-state index in [1.807, 2.05) is 18.5 Å². The predicted octanol–water partition coefficient (Wildman–Crippen LogP) is 8.67. The lowest BCUT2D eigenvalue weighted by Gasteiger charge is -2.46. The summed E-state index contributed by atoms with van der Waals surface area (Å²) in [5, 5.41) is 1.04. The minimum atomic E-state index is -0.0860. The van der Waals surface area contributed by atoms with Gasteiger partial charge in [-0.05, 0) is 94.2 Å². The summed E-state index contributed by atoms with van der Waals surface area (Å²) in [7, 11) is 0. The molecule has 0 bridgehead atoms. The van der Waals surface area contributed by atoms with E-state index in [4.69, 9.17) is 15.5 Å². The normalized spacial score (nSPS) is 16.8. The molecule has 45 heavy (non-hydrogen) atoms. The highest BCUT2D eigenvalue weighted by Gasteiger charge is 2.32. The van der Waals surface area contributed by atoms with E-state index in [0.29, 0.717) is 24.2 Å². The molecule has 0 spiro atoms. The van der Waals surface area contributed by atoms with Crippen LogP contribution < -0.4 is 15.4 Å². The minimum absolute atomic E-state index is 0.0572. The van der Waals surface area contributed by atoms with E-state index in [9.17, 15) is 0 Å². The van der Waals surface area contributed by atoms with Gasteiger partial charge in [0.2, 0.25) is 0 Å². The zero-order chi connectivity index (χ0) is 33.5. The summed E-state index contributed by atoms with van der Waals surface area (Å²) in [6.07, 6.45) is 3.77. The molecular weight excluding hydrogens is 575 g/mol. The summed E-state index contributed by atoms with van der Waals surface area (Å²) in [5.41, 5.74) is 12.0. The van der Waals surface area contributed by atoms with E-state index in [0.717, 1.165) is 46.3 Å². The topological polar surface area (TPSA) is 67.5 Å². The van der Waals surface area contributed by atoms with Gasteiger partial charge in [-0.15, -0.1) is 0 Å². The molecule has 7 heteroatoms. The standard InChI is InChI=1S/C38H55N5OS/c1-25-23-42(16-17-43(25)38(11,12)13)34-41-22-31(45-34)27-20-30(33(39)40-21-27)44-24-28-18-26(14-15-35(2,3)4)19-29(36(5,6)7)32(28)37(8,9)10/h18-22,25H,16-17,23-24H2,1-13H3,(H2,39,40). The molecule has 0 aliphatic carbocycles. The summed E-state index contributed by atoms with van der Waals surface area (Å²) >= 11 is 1.70. The Balaban J connectivity index is 1.63. The molecule has 1 aliphatic rings. The van der Waals surface area contributed by atoms with Gasteiger partial charge < -0.3 is 15.4 Å². The van der Waals surface area contributed by atoms with Crippen molar-refractivity contribution in [3.8, 4) is 28.0 Å². The fourth-order valence-electron chi connectivity index (χ4n) is 6.16. The van der Waals surface area contributed by atoms with Crippen molar-refractivity contribution in [1.29, 1.82) is 0 Å². The van der Waals surface area contributed by atoms with Crippen LogP contribution in [-0.4, -0.2) is 46.1 Å². The van der Waals surface area contributed by atoms with E-state index >= 15 is 0 Å². The van der Waals surface area contributed by atoms with Gasteiger partial charge in [-0.2, -0.15) is 0 Å². The van der Waals surface area contributed by atoms with Crippen molar-refractivity contribution >= 4 is 22.3 Å². The van der Waals surface area contributed by atoms with Crippen molar-refractivity contribution in [1.82, 2.24) is 14.9 Å². The Morgan fingerprint density at radius 2 is 1.60 bits per heavy atom. The highest BCUT2D eigenvalue weighted by atomic mass is 32.1. The van der Waals surface area contributed by atoms with Crippen LogP contribution in [0.3, 0.4) is 0 Å². The summed E-state index contributed by atoms with van der Waals surface area (Å²) in [6.45, 7) is 32.5. The number of hydrogen-bond donors (Lipinski definition) is 1. The zero-order valence-electron chi connectivity index (χ0n) is 30.0. The van der Waals surface area contributed by atoms with Crippen LogP contribution in [0.25, 0.3) is 10.4 Å². The van der Waals surface area contributed by atoms with E-state index in [1.54, 1.807) is 11.3 Å². The summed E-state index contributed by atoms with van der Waals surface area (Å²) in [6, 6.07) is 6.92. The summed E-state index contributed by atoms with van der Waals surface area (Å²) in [5.74, 6) is 7.82. The lowest BCUT2D eigenvalue weighted by Crippen LogP contribution is -2.58. The van der Waals surface area contributed by atoms with Gasteiger partial charge in [0.25, 0.3) is 0 Å². The third kappa shape index (κ3) is 8.60. The van der Waals surface area contributed by atoms with Gasteiger partial charge in [-0.25, -0.2) is 9.97 Å². The number of anilines is 2. The molecule has 1 fully saturated rings. The fourth-order valence-corrected chi connectivity index (χ4v) is 7.09. The van der Waals surface area contributed by atoms with Crippen molar-refractivity contribution in [3.05, 3.63) is 52.8 Å². The van der Waals surface area contributed by atoms with Crippen molar-refractivity contribution in [3.63, 3.8) is 0 Å². The number of hydrogen-bond acceptors (Lipinski definition) is 7. The Labute approximate surface area is 276 Å². The zero-order valence-corrected chi connectivity index (χ0v) is 30.8. The maximum atomic E-state index is 6.50. The third-order valence-corrected chi connectivity index (χ3v) is 9.27. The maximum absolute atomic E-state index is 6.50.